The van der Waals surface area contributed by atoms with Crippen molar-refractivity contribution in [2.75, 3.05) is 0 Å². The van der Waals surface area contributed by atoms with E-state index in [1.807, 2.05) is 17.5 Å². The molecule has 0 amide bonds. The topological polar surface area (TPSA) is 88.6 Å². The highest BCUT2D eigenvalue weighted by Gasteiger charge is 2.11. The van der Waals surface area contributed by atoms with Crippen LogP contribution in [0.5, 0.6) is 0 Å². The highest BCUT2D eigenvalue weighted by atomic mass is 35.5. The van der Waals surface area contributed by atoms with E-state index in [1.165, 1.54) is 23.5 Å². The maximum Gasteiger partial charge on any atom is 0.269 e. The molecule has 10 heteroatoms. The van der Waals surface area contributed by atoms with E-state index in [1.54, 1.807) is 47.4 Å². The van der Waals surface area contributed by atoms with Gasteiger partial charge in [-0.1, -0.05) is 23.2 Å². The number of benzene rings is 2. The van der Waals surface area contributed by atoms with Gasteiger partial charge in [-0.15, -0.1) is 11.3 Å². The summed E-state index contributed by atoms with van der Waals surface area (Å²) in [6.45, 7) is 0. The number of aromatic amines is 1. The number of halogens is 2. The zero-order valence-corrected chi connectivity index (χ0v) is 17.5. The Morgan fingerprint density at radius 1 is 1.13 bits per heavy atom. The number of H-pyrrole nitrogens is 1. The third-order valence-electron chi connectivity index (χ3n) is 4.12. The summed E-state index contributed by atoms with van der Waals surface area (Å²) >= 11 is 13.6. The number of aromatic nitrogens is 2. The van der Waals surface area contributed by atoms with Crippen molar-refractivity contribution in [2.45, 2.75) is 0 Å². The first-order valence-electron chi connectivity index (χ1n) is 8.64. The zero-order valence-electron chi connectivity index (χ0n) is 15.2. The van der Waals surface area contributed by atoms with Crippen LogP contribution in [0.15, 0.2) is 76.3 Å². The summed E-state index contributed by atoms with van der Waals surface area (Å²) in [6.07, 6.45) is 3.47. The average molecular weight is 458 g/mol. The third-order valence-corrected chi connectivity index (χ3v) is 5.47. The number of hydrogen-bond donors (Lipinski definition) is 1. The van der Waals surface area contributed by atoms with E-state index >= 15 is 0 Å². The number of non-ortho nitro benzene ring substituents is 1. The Bertz CT molecular complexity index is 1290. The monoisotopic (exact) mass is 457 g/mol. The molecule has 2 aromatic carbocycles. The quantitative estimate of drug-likeness (QED) is 0.230. The fourth-order valence-electron chi connectivity index (χ4n) is 2.66. The molecule has 1 N–H and O–H groups in total. The molecule has 0 unspecified atom stereocenters. The Morgan fingerprint density at radius 2 is 1.93 bits per heavy atom. The van der Waals surface area contributed by atoms with Gasteiger partial charge in [0.25, 0.3) is 5.69 Å². The van der Waals surface area contributed by atoms with Crippen molar-refractivity contribution < 1.29 is 4.92 Å². The fraction of sp³-hybridized carbons (Fsp3) is 0. The van der Waals surface area contributed by atoms with Crippen LogP contribution in [0.2, 0.25) is 10.0 Å². The summed E-state index contributed by atoms with van der Waals surface area (Å²) in [4.78, 5) is 18.8. The van der Waals surface area contributed by atoms with E-state index in [9.17, 15) is 10.1 Å². The van der Waals surface area contributed by atoms with Gasteiger partial charge in [0.05, 0.1) is 33.2 Å². The Hall–Kier alpha value is -3.20. The molecule has 0 aliphatic heterocycles. The maximum absolute atomic E-state index is 11.0. The largest absolute Gasteiger partial charge is 0.360 e. The van der Waals surface area contributed by atoms with Crippen molar-refractivity contribution in [3.05, 3.63) is 96.8 Å². The molecule has 4 rings (SSSR count). The molecule has 0 aliphatic rings. The molecule has 2 aromatic heterocycles. The first kappa shape index (κ1) is 20.1. The number of nitrogens with one attached hydrogen (secondary N) is 1. The van der Waals surface area contributed by atoms with Crippen molar-refractivity contribution in [3.8, 4) is 11.3 Å². The summed E-state index contributed by atoms with van der Waals surface area (Å²) < 4.78 is 1.66. The molecular weight excluding hydrogens is 445 g/mol. The van der Waals surface area contributed by atoms with Crippen molar-refractivity contribution in [1.82, 2.24) is 9.66 Å². The molecule has 0 radical (unpaired) electrons. The van der Waals surface area contributed by atoms with Gasteiger partial charge in [-0.05, 0) is 42.5 Å². The highest BCUT2D eigenvalue weighted by Crippen LogP contribution is 2.28. The van der Waals surface area contributed by atoms with E-state index in [4.69, 9.17) is 23.2 Å². The SMILES string of the molecule is O=[N+]([O-])c1ccc(-c2csc(=Nc3ccc(Cl)cc3Cl)n2N=Cc2ccc[nH]2)cc1. The molecule has 30 heavy (non-hydrogen) atoms. The van der Waals surface area contributed by atoms with Crippen LogP contribution in [0.4, 0.5) is 11.4 Å². The van der Waals surface area contributed by atoms with Crippen LogP contribution >= 0.6 is 34.5 Å². The molecule has 0 atom stereocenters. The van der Waals surface area contributed by atoms with Crippen molar-refractivity contribution in [2.24, 2.45) is 10.1 Å². The number of nitro benzene ring substituents is 1. The van der Waals surface area contributed by atoms with Crippen LogP contribution in [0.3, 0.4) is 0 Å². The standard InChI is InChI=1S/C20H13Cl2N5O2S/c21-14-5-8-18(17(22)10-14)25-20-26(24-11-15-2-1-9-23-15)19(12-30-20)13-3-6-16(7-4-13)27(28)29/h1-12,23H. The van der Waals surface area contributed by atoms with Gasteiger partial charge in [-0.2, -0.15) is 5.10 Å². The van der Waals surface area contributed by atoms with Gasteiger partial charge in [0.1, 0.15) is 0 Å². The zero-order chi connectivity index (χ0) is 21.1. The number of thiazole rings is 1. The van der Waals surface area contributed by atoms with Crippen molar-refractivity contribution in [3.63, 3.8) is 0 Å². The van der Waals surface area contributed by atoms with Gasteiger partial charge in [-0.3, -0.25) is 10.1 Å². The normalized spacial score (nSPS) is 12.0. The van der Waals surface area contributed by atoms with Gasteiger partial charge in [0.2, 0.25) is 4.80 Å². The number of nitrogens with zero attached hydrogens (tertiary/aromatic N) is 4. The molecule has 0 fully saturated rings. The van der Waals surface area contributed by atoms with Gasteiger partial charge in [-0.25, -0.2) is 9.67 Å². The second kappa shape index (κ2) is 8.66. The summed E-state index contributed by atoms with van der Waals surface area (Å²) in [5.74, 6) is 0. The summed E-state index contributed by atoms with van der Waals surface area (Å²) in [7, 11) is 0. The molecule has 0 saturated carbocycles. The fourth-order valence-corrected chi connectivity index (χ4v) is 3.96. The molecule has 0 saturated heterocycles. The number of rotatable bonds is 5. The van der Waals surface area contributed by atoms with E-state index in [0.717, 1.165) is 17.0 Å². The van der Waals surface area contributed by atoms with Gasteiger partial charge < -0.3 is 4.98 Å². The van der Waals surface area contributed by atoms with E-state index < -0.39 is 4.92 Å². The van der Waals surface area contributed by atoms with Crippen LogP contribution in [-0.2, 0) is 0 Å². The average Bonchev–Trinajstić information content (AvgIpc) is 3.38. The molecule has 2 heterocycles. The van der Waals surface area contributed by atoms with Crippen molar-refractivity contribution in [1.29, 1.82) is 0 Å². The second-order valence-corrected chi connectivity index (χ2v) is 7.78. The van der Waals surface area contributed by atoms with Crippen LogP contribution < -0.4 is 4.80 Å². The van der Waals surface area contributed by atoms with Gasteiger partial charge in [0, 0.05) is 34.3 Å². The number of nitro groups is 1. The minimum Gasteiger partial charge on any atom is -0.360 e. The minimum absolute atomic E-state index is 0.0215. The number of hydrogen-bond acceptors (Lipinski definition) is 5. The summed E-state index contributed by atoms with van der Waals surface area (Å²) in [5, 5.41) is 18.3. The predicted octanol–water partition coefficient (Wildman–Crippen LogP) is 5.87. The van der Waals surface area contributed by atoms with Crippen LogP contribution in [0.1, 0.15) is 5.69 Å². The molecule has 0 bridgehead atoms. The summed E-state index contributed by atoms with van der Waals surface area (Å²) in [5.41, 5.74) is 2.90. The molecule has 0 aliphatic carbocycles. The molecule has 7 nitrogen and oxygen atoms in total. The van der Waals surface area contributed by atoms with Crippen LogP contribution in [-0.4, -0.2) is 20.8 Å². The molecule has 150 valence electrons. The van der Waals surface area contributed by atoms with Crippen molar-refractivity contribution >= 4 is 52.1 Å². The van der Waals surface area contributed by atoms with Gasteiger partial charge in [0.15, 0.2) is 0 Å². The lowest BCUT2D eigenvalue weighted by atomic mass is 10.1. The molecule has 4 aromatic rings. The molecular formula is C20H13Cl2N5O2S. The summed E-state index contributed by atoms with van der Waals surface area (Å²) in [6, 6.07) is 15.1. The third kappa shape index (κ3) is 4.35. The Morgan fingerprint density at radius 3 is 2.60 bits per heavy atom. The highest BCUT2D eigenvalue weighted by molar-refractivity contribution is 7.07. The van der Waals surface area contributed by atoms with E-state index in [-0.39, 0.29) is 5.69 Å². The Balaban J connectivity index is 1.84. The van der Waals surface area contributed by atoms with E-state index in [0.29, 0.717) is 20.5 Å². The first-order valence-corrected chi connectivity index (χ1v) is 10.3. The Labute approximate surface area is 184 Å². The molecule has 0 spiro atoms. The lowest BCUT2D eigenvalue weighted by Gasteiger charge is -2.04. The van der Waals surface area contributed by atoms with Crippen LogP contribution in [0.25, 0.3) is 11.3 Å². The minimum atomic E-state index is -0.432. The van der Waals surface area contributed by atoms with Gasteiger partial charge >= 0.3 is 0 Å². The smallest absolute Gasteiger partial charge is 0.269 e. The second-order valence-electron chi connectivity index (χ2n) is 6.10. The first-order chi connectivity index (χ1) is 14.5. The lowest BCUT2D eigenvalue weighted by Crippen LogP contribution is -2.11. The Kier molecular flexibility index (Phi) is 5.80. The maximum atomic E-state index is 11.0. The lowest BCUT2D eigenvalue weighted by molar-refractivity contribution is -0.384. The van der Waals surface area contributed by atoms with E-state index in [2.05, 4.69) is 15.1 Å². The van der Waals surface area contributed by atoms with Crippen LogP contribution in [0, 0.1) is 10.1 Å². The predicted molar refractivity (Wildman–Crippen MR) is 120 cm³/mol.